The molecule has 0 aliphatic carbocycles. The maximum Gasteiger partial charge on any atom is 0.254 e. The summed E-state index contributed by atoms with van der Waals surface area (Å²) in [4.78, 5) is 17.6. The van der Waals surface area contributed by atoms with Crippen molar-refractivity contribution in [1.82, 2.24) is 15.2 Å². The first-order valence-electron chi connectivity index (χ1n) is 5.74. The van der Waals surface area contributed by atoms with Gasteiger partial charge in [0.1, 0.15) is 0 Å². The van der Waals surface area contributed by atoms with E-state index in [0.29, 0.717) is 6.54 Å². The van der Waals surface area contributed by atoms with Crippen LogP contribution in [0.15, 0.2) is 12.3 Å². The van der Waals surface area contributed by atoms with Gasteiger partial charge in [0.2, 0.25) is 0 Å². The molecule has 6 heteroatoms. The van der Waals surface area contributed by atoms with E-state index in [1.54, 1.807) is 7.05 Å². The Labute approximate surface area is 106 Å². The highest BCUT2D eigenvalue weighted by Gasteiger charge is 2.16. The van der Waals surface area contributed by atoms with Crippen LogP contribution >= 0.6 is 0 Å². The maximum absolute atomic E-state index is 13.8. The van der Waals surface area contributed by atoms with Gasteiger partial charge in [-0.1, -0.05) is 0 Å². The van der Waals surface area contributed by atoms with Crippen molar-refractivity contribution in [3.05, 3.63) is 23.6 Å². The molecule has 0 saturated heterocycles. The van der Waals surface area contributed by atoms with Crippen LogP contribution in [0.2, 0.25) is 0 Å². The molecule has 0 aromatic carbocycles. The van der Waals surface area contributed by atoms with E-state index < -0.39 is 11.7 Å². The number of amides is 1. The lowest BCUT2D eigenvalue weighted by Crippen LogP contribution is -2.38. The van der Waals surface area contributed by atoms with Gasteiger partial charge in [0.05, 0.1) is 5.56 Å². The normalized spacial score (nSPS) is 12.3. The number of hydrogen-bond donors (Lipinski definition) is 2. The lowest BCUT2D eigenvalue weighted by atomic mass is 10.2. The molecule has 1 rings (SSSR count). The van der Waals surface area contributed by atoms with E-state index >= 15 is 0 Å². The number of likely N-dealkylation sites (N-methyl/N-ethyl adjacent to an activating group) is 1. The minimum atomic E-state index is -0.630. The van der Waals surface area contributed by atoms with Gasteiger partial charge in [-0.25, -0.2) is 9.37 Å². The highest BCUT2D eigenvalue weighted by molar-refractivity contribution is 5.95. The van der Waals surface area contributed by atoms with Crippen molar-refractivity contribution < 1.29 is 9.18 Å². The minimum absolute atomic E-state index is 0.000283. The van der Waals surface area contributed by atoms with Gasteiger partial charge in [-0.3, -0.25) is 4.79 Å². The van der Waals surface area contributed by atoms with Crippen LogP contribution in [0.4, 0.5) is 10.2 Å². The number of halogens is 1. The van der Waals surface area contributed by atoms with Crippen molar-refractivity contribution in [3.63, 3.8) is 0 Å². The molecule has 0 bridgehead atoms. The molecular weight excluding hydrogens is 235 g/mol. The number of carbonyl (C=O) groups is 1. The fourth-order valence-corrected chi connectivity index (χ4v) is 1.31. The first kappa shape index (κ1) is 14.4. The monoisotopic (exact) mass is 254 g/mol. The number of nitrogens with zero attached hydrogens (tertiary/aromatic N) is 2. The molecule has 0 saturated carbocycles. The van der Waals surface area contributed by atoms with E-state index in [9.17, 15) is 9.18 Å². The quantitative estimate of drug-likeness (QED) is 0.821. The number of anilines is 1. The van der Waals surface area contributed by atoms with Crippen molar-refractivity contribution in [2.24, 2.45) is 0 Å². The van der Waals surface area contributed by atoms with E-state index in [1.807, 2.05) is 25.9 Å². The zero-order chi connectivity index (χ0) is 13.7. The first-order chi connectivity index (χ1) is 8.47. The number of carbonyl (C=O) groups excluding carboxylic acids is 1. The average Bonchev–Trinajstić information content (AvgIpc) is 2.35. The Morgan fingerprint density at radius 2 is 2.22 bits per heavy atom. The Morgan fingerprint density at radius 3 is 2.78 bits per heavy atom. The van der Waals surface area contributed by atoms with Crippen LogP contribution in [0.5, 0.6) is 0 Å². The molecule has 1 aromatic heterocycles. The third-order valence-corrected chi connectivity index (χ3v) is 2.81. The Kier molecular flexibility index (Phi) is 5.03. The van der Waals surface area contributed by atoms with Crippen molar-refractivity contribution >= 4 is 11.7 Å². The highest BCUT2D eigenvalue weighted by atomic mass is 19.1. The second-order valence-corrected chi connectivity index (χ2v) is 4.29. The largest absolute Gasteiger partial charge is 0.371 e. The molecule has 0 spiro atoms. The van der Waals surface area contributed by atoms with E-state index in [-0.39, 0.29) is 17.4 Å². The molecule has 1 atom stereocenters. The third-order valence-electron chi connectivity index (χ3n) is 2.81. The molecule has 0 aliphatic rings. The molecule has 0 fully saturated rings. The summed E-state index contributed by atoms with van der Waals surface area (Å²) in [7, 11) is 5.40. The van der Waals surface area contributed by atoms with Gasteiger partial charge in [-0.2, -0.15) is 0 Å². The second-order valence-electron chi connectivity index (χ2n) is 4.29. The van der Waals surface area contributed by atoms with E-state index in [0.717, 1.165) is 0 Å². The number of hydrogen-bond acceptors (Lipinski definition) is 4. The average molecular weight is 254 g/mol. The van der Waals surface area contributed by atoms with Crippen molar-refractivity contribution in [1.29, 1.82) is 0 Å². The molecule has 18 heavy (non-hydrogen) atoms. The zero-order valence-electron chi connectivity index (χ0n) is 11.1. The Morgan fingerprint density at radius 1 is 1.56 bits per heavy atom. The standard InChI is InChI=1S/C12H19FN4O/c1-8(17(3)4)7-16-12(18)9-5-6-15-11(14-2)10(9)13/h5-6,8H,7H2,1-4H3,(H,14,15)(H,16,18). The zero-order valence-corrected chi connectivity index (χ0v) is 11.1. The van der Waals surface area contributed by atoms with Crippen LogP contribution in [0.1, 0.15) is 17.3 Å². The molecule has 0 radical (unpaired) electrons. The summed E-state index contributed by atoms with van der Waals surface area (Å²) in [6.07, 6.45) is 1.40. The fourth-order valence-electron chi connectivity index (χ4n) is 1.31. The summed E-state index contributed by atoms with van der Waals surface area (Å²) < 4.78 is 13.8. The van der Waals surface area contributed by atoms with Gasteiger partial charge >= 0.3 is 0 Å². The summed E-state index contributed by atoms with van der Waals surface area (Å²) in [6, 6.07) is 1.55. The molecule has 1 heterocycles. The molecule has 2 N–H and O–H groups in total. The van der Waals surface area contributed by atoms with Crippen LogP contribution in [0.25, 0.3) is 0 Å². The lowest BCUT2D eigenvalue weighted by Gasteiger charge is -2.20. The maximum atomic E-state index is 13.8. The predicted molar refractivity (Wildman–Crippen MR) is 69.2 cm³/mol. The van der Waals surface area contributed by atoms with Gasteiger partial charge in [0, 0.05) is 25.8 Å². The third kappa shape index (κ3) is 3.40. The van der Waals surface area contributed by atoms with Gasteiger partial charge in [0.25, 0.3) is 5.91 Å². The lowest BCUT2D eigenvalue weighted by molar-refractivity contribution is 0.0939. The number of pyridine rings is 1. The number of aromatic nitrogens is 1. The second kappa shape index (κ2) is 6.30. The van der Waals surface area contributed by atoms with E-state index in [2.05, 4.69) is 15.6 Å². The molecule has 1 amide bonds. The van der Waals surface area contributed by atoms with Crippen molar-refractivity contribution in [2.75, 3.05) is 33.0 Å². The number of rotatable bonds is 5. The number of nitrogens with one attached hydrogen (secondary N) is 2. The Hall–Kier alpha value is -1.69. The van der Waals surface area contributed by atoms with Crippen LogP contribution in [0.3, 0.4) is 0 Å². The van der Waals surface area contributed by atoms with Crippen LogP contribution in [-0.4, -0.2) is 49.5 Å². The van der Waals surface area contributed by atoms with Gasteiger partial charge in [-0.15, -0.1) is 0 Å². The van der Waals surface area contributed by atoms with Crippen molar-refractivity contribution in [3.8, 4) is 0 Å². The molecular formula is C12H19FN4O. The summed E-state index contributed by atoms with van der Waals surface area (Å²) in [5.74, 6) is -0.988. The van der Waals surface area contributed by atoms with Crippen LogP contribution in [-0.2, 0) is 0 Å². The molecule has 1 aromatic rings. The summed E-state index contributed by atoms with van der Waals surface area (Å²) in [5.41, 5.74) is 0.000283. The Bertz CT molecular complexity index is 423. The minimum Gasteiger partial charge on any atom is -0.371 e. The fraction of sp³-hybridized carbons (Fsp3) is 0.500. The molecule has 0 aliphatic heterocycles. The SMILES string of the molecule is CNc1nccc(C(=O)NCC(C)N(C)C)c1F. The van der Waals surface area contributed by atoms with Crippen LogP contribution < -0.4 is 10.6 Å². The Balaban J connectivity index is 2.73. The van der Waals surface area contributed by atoms with Crippen LogP contribution in [0, 0.1) is 5.82 Å². The topological polar surface area (TPSA) is 57.3 Å². The molecule has 5 nitrogen and oxygen atoms in total. The van der Waals surface area contributed by atoms with E-state index in [4.69, 9.17) is 0 Å². The van der Waals surface area contributed by atoms with Gasteiger partial charge in [-0.05, 0) is 27.1 Å². The predicted octanol–water partition coefficient (Wildman–Crippen LogP) is 0.942. The molecule has 100 valence electrons. The molecule has 1 unspecified atom stereocenters. The first-order valence-corrected chi connectivity index (χ1v) is 5.74. The summed E-state index contributed by atoms with van der Waals surface area (Å²) >= 11 is 0. The smallest absolute Gasteiger partial charge is 0.254 e. The summed E-state index contributed by atoms with van der Waals surface area (Å²) in [6.45, 7) is 2.44. The van der Waals surface area contributed by atoms with Gasteiger partial charge in [0.15, 0.2) is 11.6 Å². The van der Waals surface area contributed by atoms with Gasteiger partial charge < -0.3 is 15.5 Å². The van der Waals surface area contributed by atoms with E-state index in [1.165, 1.54) is 12.3 Å². The van der Waals surface area contributed by atoms with Crippen molar-refractivity contribution in [2.45, 2.75) is 13.0 Å². The highest BCUT2D eigenvalue weighted by Crippen LogP contribution is 2.14. The summed E-state index contributed by atoms with van der Waals surface area (Å²) in [5, 5.41) is 5.30.